The number of carbonyl (C=O) groups is 2. The van der Waals surface area contributed by atoms with Crippen LogP contribution in [0.15, 0.2) is 11.6 Å². The maximum atomic E-state index is 12.8. The SMILES string of the molecule is CC(C)[C@@H]1CC[C@]2(C)[C@@H](CC=C3[C@@H]4[C@@H](C)[C@H](C)CC[C@]4(C(=O)O)CC[C@]32C)[C@@]1(C)CC(=O)O. The van der Waals surface area contributed by atoms with E-state index in [0.717, 1.165) is 44.9 Å². The van der Waals surface area contributed by atoms with E-state index < -0.39 is 17.4 Å². The number of allylic oxidation sites excluding steroid dienone is 2. The Balaban J connectivity index is 1.85. The number of carboxylic acid groups (broad SMARTS) is 2. The van der Waals surface area contributed by atoms with Gasteiger partial charge in [0.05, 0.1) is 11.8 Å². The van der Waals surface area contributed by atoms with Crippen LogP contribution >= 0.6 is 0 Å². The molecule has 0 unspecified atom stereocenters. The van der Waals surface area contributed by atoms with Crippen LogP contribution in [0.1, 0.15) is 99.8 Å². The van der Waals surface area contributed by atoms with Crippen molar-refractivity contribution in [1.82, 2.24) is 0 Å². The monoisotopic (exact) mass is 458 g/mol. The molecule has 33 heavy (non-hydrogen) atoms. The molecule has 2 N–H and O–H groups in total. The highest BCUT2D eigenvalue weighted by Crippen LogP contribution is 2.74. The van der Waals surface area contributed by atoms with E-state index in [4.69, 9.17) is 0 Å². The largest absolute Gasteiger partial charge is 0.481 e. The van der Waals surface area contributed by atoms with E-state index in [1.54, 1.807) is 0 Å². The molecular weight excluding hydrogens is 412 g/mol. The highest BCUT2D eigenvalue weighted by atomic mass is 16.4. The number of carboxylic acids is 2. The normalized spacial score (nSPS) is 49.5. The van der Waals surface area contributed by atoms with Crippen LogP contribution in [0.3, 0.4) is 0 Å². The van der Waals surface area contributed by atoms with Crippen molar-refractivity contribution in [3.05, 3.63) is 11.6 Å². The van der Waals surface area contributed by atoms with E-state index in [9.17, 15) is 19.8 Å². The van der Waals surface area contributed by atoms with Gasteiger partial charge in [0.2, 0.25) is 0 Å². The number of hydrogen-bond acceptors (Lipinski definition) is 2. The van der Waals surface area contributed by atoms with Crippen molar-refractivity contribution in [3.63, 3.8) is 0 Å². The Hall–Kier alpha value is -1.32. The number of aliphatic carboxylic acids is 2. The molecule has 3 saturated carbocycles. The second-order valence-electron chi connectivity index (χ2n) is 13.5. The molecule has 0 saturated heterocycles. The summed E-state index contributed by atoms with van der Waals surface area (Å²) in [6, 6.07) is 0. The van der Waals surface area contributed by atoms with E-state index in [1.165, 1.54) is 5.57 Å². The highest BCUT2D eigenvalue weighted by Gasteiger charge is 2.68. The summed E-state index contributed by atoms with van der Waals surface area (Å²) in [7, 11) is 0. The molecule has 0 radical (unpaired) electrons. The van der Waals surface area contributed by atoms with Gasteiger partial charge in [0.1, 0.15) is 0 Å². The van der Waals surface area contributed by atoms with Crippen LogP contribution in [0.4, 0.5) is 0 Å². The van der Waals surface area contributed by atoms with Crippen molar-refractivity contribution < 1.29 is 19.8 Å². The summed E-state index contributed by atoms with van der Waals surface area (Å²) >= 11 is 0. The average molecular weight is 459 g/mol. The molecule has 0 bridgehead atoms. The summed E-state index contributed by atoms with van der Waals surface area (Å²) in [5.41, 5.74) is 0.476. The predicted octanol–water partition coefficient (Wildman–Crippen LogP) is 7.04. The molecule has 0 amide bonds. The van der Waals surface area contributed by atoms with Gasteiger partial charge in [-0.1, -0.05) is 60.1 Å². The highest BCUT2D eigenvalue weighted by molar-refractivity contribution is 5.76. The van der Waals surface area contributed by atoms with Crippen LogP contribution in [-0.2, 0) is 9.59 Å². The van der Waals surface area contributed by atoms with Crippen molar-refractivity contribution in [1.29, 1.82) is 0 Å². The Bertz CT molecular complexity index is 860. The van der Waals surface area contributed by atoms with E-state index in [2.05, 4.69) is 54.5 Å². The topological polar surface area (TPSA) is 74.6 Å². The summed E-state index contributed by atoms with van der Waals surface area (Å²) in [5.74, 6) is 0.885. The van der Waals surface area contributed by atoms with Crippen LogP contribution in [0.25, 0.3) is 0 Å². The minimum atomic E-state index is -0.685. The minimum Gasteiger partial charge on any atom is -0.481 e. The summed E-state index contributed by atoms with van der Waals surface area (Å²) in [5, 5.41) is 20.4. The Morgan fingerprint density at radius 1 is 1.03 bits per heavy atom. The molecule has 0 spiro atoms. The van der Waals surface area contributed by atoms with Gasteiger partial charge in [-0.3, -0.25) is 9.59 Å². The van der Waals surface area contributed by atoms with Gasteiger partial charge in [-0.15, -0.1) is 0 Å². The number of fused-ring (bicyclic) bond motifs is 5. The third-order valence-electron chi connectivity index (χ3n) is 12.1. The second kappa shape index (κ2) is 7.85. The van der Waals surface area contributed by atoms with E-state index in [0.29, 0.717) is 29.6 Å². The molecule has 4 nitrogen and oxygen atoms in total. The Labute approximate surface area is 200 Å². The summed E-state index contributed by atoms with van der Waals surface area (Å²) < 4.78 is 0. The van der Waals surface area contributed by atoms with Gasteiger partial charge >= 0.3 is 11.9 Å². The van der Waals surface area contributed by atoms with Gasteiger partial charge in [-0.05, 0) is 96.7 Å². The smallest absolute Gasteiger partial charge is 0.310 e. The van der Waals surface area contributed by atoms with Crippen LogP contribution in [0.5, 0.6) is 0 Å². The lowest BCUT2D eigenvalue weighted by Gasteiger charge is -2.69. The average Bonchev–Trinajstić information content (AvgIpc) is 2.70. The minimum absolute atomic E-state index is 0.00224. The first-order valence-corrected chi connectivity index (χ1v) is 13.4. The summed E-state index contributed by atoms with van der Waals surface area (Å²) in [6.45, 7) is 16.2. The quantitative estimate of drug-likeness (QED) is 0.443. The molecule has 0 heterocycles. The first-order chi connectivity index (χ1) is 15.2. The van der Waals surface area contributed by atoms with Gasteiger partial charge in [-0.25, -0.2) is 0 Å². The zero-order valence-corrected chi connectivity index (χ0v) is 21.9. The van der Waals surface area contributed by atoms with Gasteiger partial charge < -0.3 is 10.2 Å². The molecule has 9 atom stereocenters. The molecule has 4 heteroatoms. The van der Waals surface area contributed by atoms with E-state index in [1.807, 2.05) is 0 Å². The Kier molecular flexibility index (Phi) is 5.90. The second-order valence-corrected chi connectivity index (χ2v) is 13.5. The molecule has 3 fully saturated rings. The fourth-order valence-corrected chi connectivity index (χ4v) is 9.93. The summed E-state index contributed by atoms with van der Waals surface area (Å²) in [4.78, 5) is 24.8. The van der Waals surface area contributed by atoms with Crippen LogP contribution in [-0.4, -0.2) is 22.2 Å². The van der Waals surface area contributed by atoms with Gasteiger partial charge in [0.15, 0.2) is 0 Å². The Morgan fingerprint density at radius 2 is 1.70 bits per heavy atom. The molecule has 4 rings (SSSR count). The summed E-state index contributed by atoms with van der Waals surface area (Å²) in [6.07, 6.45) is 9.17. The van der Waals surface area contributed by atoms with Crippen molar-refractivity contribution in [3.8, 4) is 0 Å². The van der Waals surface area contributed by atoms with Gasteiger partial charge in [0.25, 0.3) is 0 Å². The molecular formula is C29H46O4. The molecule has 0 aromatic rings. The lowest BCUT2D eigenvalue weighted by Crippen LogP contribution is -2.63. The molecule has 0 aliphatic heterocycles. The first-order valence-electron chi connectivity index (χ1n) is 13.4. The van der Waals surface area contributed by atoms with Crippen molar-refractivity contribution in [2.75, 3.05) is 0 Å². The number of hydrogen-bond donors (Lipinski definition) is 2. The third-order valence-corrected chi connectivity index (χ3v) is 12.1. The van der Waals surface area contributed by atoms with E-state index in [-0.39, 0.29) is 28.6 Å². The Morgan fingerprint density at radius 3 is 2.27 bits per heavy atom. The van der Waals surface area contributed by atoms with Crippen LogP contribution in [0, 0.1) is 57.2 Å². The molecule has 186 valence electrons. The third kappa shape index (κ3) is 3.21. The molecule has 4 aliphatic rings. The lowest BCUT2D eigenvalue weighted by molar-refractivity contribution is -0.180. The zero-order chi connectivity index (χ0) is 24.6. The zero-order valence-electron chi connectivity index (χ0n) is 21.9. The first kappa shape index (κ1) is 24.8. The van der Waals surface area contributed by atoms with Crippen LogP contribution in [0.2, 0.25) is 0 Å². The van der Waals surface area contributed by atoms with Crippen molar-refractivity contribution in [2.24, 2.45) is 57.2 Å². The fourth-order valence-electron chi connectivity index (χ4n) is 9.93. The van der Waals surface area contributed by atoms with Gasteiger partial charge in [0, 0.05) is 0 Å². The lowest BCUT2D eigenvalue weighted by atomic mass is 9.35. The van der Waals surface area contributed by atoms with Crippen molar-refractivity contribution in [2.45, 2.75) is 99.8 Å². The van der Waals surface area contributed by atoms with E-state index >= 15 is 0 Å². The maximum Gasteiger partial charge on any atom is 0.310 e. The van der Waals surface area contributed by atoms with Gasteiger partial charge in [-0.2, -0.15) is 0 Å². The number of rotatable bonds is 4. The molecule has 4 aliphatic carbocycles. The molecule has 0 aromatic carbocycles. The van der Waals surface area contributed by atoms with Crippen LogP contribution < -0.4 is 0 Å². The van der Waals surface area contributed by atoms with Crippen molar-refractivity contribution >= 4 is 11.9 Å². The standard InChI is InChI=1S/C29H46O4/c1-17(2)20-11-12-28(7)22(26(20,5)16-23(30)31)9-8-21-24-19(4)18(3)10-13-29(24,25(32)33)15-14-27(21,28)6/h8,17-20,22,24H,9-16H2,1-7H3,(H,30,31)(H,32,33)/t18-,19+,20+,22+,24+,26+,27-,28-,29+/m1/s1. The predicted molar refractivity (Wildman–Crippen MR) is 131 cm³/mol. The maximum absolute atomic E-state index is 12.8. The fraction of sp³-hybridized carbons (Fsp3) is 0.862. The molecule has 0 aromatic heterocycles.